The third-order valence-electron chi connectivity index (χ3n) is 6.26. The lowest BCUT2D eigenvalue weighted by molar-refractivity contribution is 0.0953. The van der Waals surface area contributed by atoms with Gasteiger partial charge >= 0.3 is 0 Å². The molecule has 1 aliphatic rings. The molecule has 5 rings (SSSR count). The predicted octanol–water partition coefficient (Wildman–Crippen LogP) is 3.63. The largest absolute Gasteiger partial charge is 0.355 e. The van der Waals surface area contributed by atoms with Crippen LogP contribution in [0.25, 0.3) is 5.52 Å². The standard InChI is InChI=1S/C27H29N5O/c33-27(29-14-12-22-5-2-1-3-6-22)24-8-9-25-10-11-26(32(25)21-24)31-17-15-30(16-18-31)20-23-7-4-13-28-19-23/h1-11,13,19,21H,12,14-18,20H2,(H,29,33). The first-order valence-corrected chi connectivity index (χ1v) is 11.6. The molecule has 0 spiro atoms. The number of carbonyl (C=O) groups is 1. The van der Waals surface area contributed by atoms with Crippen molar-refractivity contribution < 1.29 is 4.79 Å². The van der Waals surface area contributed by atoms with E-state index in [1.807, 2.05) is 55.0 Å². The molecule has 4 heterocycles. The molecule has 1 aromatic carbocycles. The second kappa shape index (κ2) is 9.88. The summed E-state index contributed by atoms with van der Waals surface area (Å²) in [7, 11) is 0. The molecule has 1 amide bonds. The molecule has 6 nitrogen and oxygen atoms in total. The summed E-state index contributed by atoms with van der Waals surface area (Å²) < 4.78 is 2.14. The number of anilines is 1. The lowest BCUT2D eigenvalue weighted by Crippen LogP contribution is -2.46. The monoisotopic (exact) mass is 439 g/mol. The van der Waals surface area contributed by atoms with Crippen molar-refractivity contribution in [3.63, 3.8) is 0 Å². The highest BCUT2D eigenvalue weighted by Gasteiger charge is 2.20. The number of carbonyl (C=O) groups excluding carboxylic acids is 1. The summed E-state index contributed by atoms with van der Waals surface area (Å²) in [5.41, 5.74) is 4.26. The molecular weight excluding hydrogens is 410 g/mol. The van der Waals surface area contributed by atoms with Gasteiger partial charge in [0.1, 0.15) is 5.82 Å². The summed E-state index contributed by atoms with van der Waals surface area (Å²) in [4.78, 5) is 21.9. The van der Waals surface area contributed by atoms with E-state index in [1.54, 1.807) is 0 Å². The third-order valence-corrected chi connectivity index (χ3v) is 6.26. The highest BCUT2D eigenvalue weighted by atomic mass is 16.1. The molecule has 0 bridgehead atoms. The first-order valence-electron chi connectivity index (χ1n) is 11.6. The van der Waals surface area contributed by atoms with E-state index in [0.29, 0.717) is 12.1 Å². The lowest BCUT2D eigenvalue weighted by Gasteiger charge is -2.35. The number of amides is 1. The molecule has 1 N–H and O–H groups in total. The quantitative estimate of drug-likeness (QED) is 0.478. The maximum Gasteiger partial charge on any atom is 0.252 e. The van der Waals surface area contributed by atoms with Crippen LogP contribution < -0.4 is 10.2 Å². The summed E-state index contributed by atoms with van der Waals surface area (Å²) in [5, 5.41) is 3.05. The van der Waals surface area contributed by atoms with Crippen molar-refractivity contribution in [3.05, 3.63) is 102 Å². The fourth-order valence-electron chi connectivity index (χ4n) is 4.43. The van der Waals surface area contributed by atoms with Crippen LogP contribution in [0.1, 0.15) is 21.5 Å². The summed E-state index contributed by atoms with van der Waals surface area (Å²) in [6, 6.07) is 22.6. The van der Waals surface area contributed by atoms with Gasteiger partial charge in [-0.15, -0.1) is 0 Å². The number of aromatic nitrogens is 2. The fourth-order valence-corrected chi connectivity index (χ4v) is 4.43. The van der Waals surface area contributed by atoms with E-state index < -0.39 is 0 Å². The van der Waals surface area contributed by atoms with Crippen molar-refractivity contribution >= 4 is 17.2 Å². The fraction of sp³-hybridized carbons (Fsp3) is 0.259. The molecule has 3 aromatic heterocycles. The van der Waals surface area contributed by atoms with Crippen LogP contribution in [0, 0.1) is 0 Å². The van der Waals surface area contributed by atoms with Gasteiger partial charge in [-0.25, -0.2) is 0 Å². The van der Waals surface area contributed by atoms with E-state index in [-0.39, 0.29) is 5.91 Å². The SMILES string of the molecule is O=C(NCCc1ccccc1)c1ccc2ccc(N3CCN(Cc4cccnc4)CC3)n2c1. The molecule has 0 atom stereocenters. The number of fused-ring (bicyclic) bond motifs is 1. The molecule has 1 aliphatic heterocycles. The van der Waals surface area contributed by atoms with Crippen LogP contribution in [0.15, 0.2) is 85.3 Å². The van der Waals surface area contributed by atoms with Crippen LogP contribution in [0.3, 0.4) is 0 Å². The minimum Gasteiger partial charge on any atom is -0.355 e. The lowest BCUT2D eigenvalue weighted by atomic mass is 10.1. The summed E-state index contributed by atoms with van der Waals surface area (Å²) in [6.45, 7) is 5.48. The average Bonchev–Trinajstić information content (AvgIpc) is 3.29. The highest BCUT2D eigenvalue weighted by molar-refractivity contribution is 5.94. The normalized spacial score (nSPS) is 14.5. The van der Waals surface area contributed by atoms with Gasteiger partial charge in [0.2, 0.25) is 0 Å². The topological polar surface area (TPSA) is 52.9 Å². The van der Waals surface area contributed by atoms with E-state index >= 15 is 0 Å². The van der Waals surface area contributed by atoms with Crippen LogP contribution >= 0.6 is 0 Å². The molecule has 0 unspecified atom stereocenters. The Hall–Kier alpha value is -3.64. The van der Waals surface area contributed by atoms with Gasteiger partial charge in [-0.05, 0) is 47.9 Å². The summed E-state index contributed by atoms with van der Waals surface area (Å²) in [5.74, 6) is 1.11. The minimum absolute atomic E-state index is 0.0335. The Kier molecular flexibility index (Phi) is 6.35. The molecule has 1 saturated heterocycles. The van der Waals surface area contributed by atoms with Crippen LogP contribution in [-0.4, -0.2) is 52.9 Å². The molecule has 0 aliphatic carbocycles. The first-order chi connectivity index (χ1) is 16.3. The van der Waals surface area contributed by atoms with Gasteiger partial charge in [0.05, 0.1) is 5.56 Å². The number of nitrogens with one attached hydrogen (secondary N) is 1. The number of hydrogen-bond donors (Lipinski definition) is 1. The van der Waals surface area contributed by atoms with Crippen molar-refractivity contribution in [1.29, 1.82) is 0 Å². The molecule has 1 fully saturated rings. The van der Waals surface area contributed by atoms with Gasteiger partial charge in [-0.1, -0.05) is 36.4 Å². The van der Waals surface area contributed by atoms with Crippen LogP contribution in [0.4, 0.5) is 5.82 Å². The maximum absolute atomic E-state index is 12.8. The van der Waals surface area contributed by atoms with E-state index in [0.717, 1.165) is 50.5 Å². The van der Waals surface area contributed by atoms with Gasteiger partial charge in [-0.3, -0.25) is 14.7 Å². The first kappa shape index (κ1) is 21.2. The minimum atomic E-state index is -0.0335. The number of pyridine rings is 2. The second-order valence-corrected chi connectivity index (χ2v) is 8.52. The van der Waals surface area contributed by atoms with Crippen LogP contribution in [-0.2, 0) is 13.0 Å². The molecular formula is C27H29N5O. The maximum atomic E-state index is 12.8. The number of benzene rings is 1. The third kappa shape index (κ3) is 5.07. The van der Waals surface area contributed by atoms with Crippen molar-refractivity contribution in [2.45, 2.75) is 13.0 Å². The van der Waals surface area contributed by atoms with E-state index in [4.69, 9.17) is 0 Å². The number of rotatable bonds is 7. The second-order valence-electron chi connectivity index (χ2n) is 8.52. The Morgan fingerprint density at radius 3 is 2.45 bits per heavy atom. The molecule has 0 saturated carbocycles. The zero-order chi connectivity index (χ0) is 22.5. The van der Waals surface area contributed by atoms with Crippen LogP contribution in [0.5, 0.6) is 0 Å². The number of hydrogen-bond acceptors (Lipinski definition) is 4. The summed E-state index contributed by atoms with van der Waals surface area (Å²) >= 11 is 0. The van der Waals surface area contributed by atoms with Crippen molar-refractivity contribution in [3.8, 4) is 0 Å². The van der Waals surface area contributed by atoms with E-state index in [2.05, 4.69) is 54.8 Å². The zero-order valence-corrected chi connectivity index (χ0v) is 18.7. The predicted molar refractivity (Wildman–Crippen MR) is 132 cm³/mol. The van der Waals surface area contributed by atoms with Crippen LogP contribution in [0.2, 0.25) is 0 Å². The molecule has 4 aromatic rings. The summed E-state index contributed by atoms with van der Waals surface area (Å²) in [6.07, 6.45) is 6.55. The van der Waals surface area contributed by atoms with Crippen molar-refractivity contribution in [2.75, 3.05) is 37.6 Å². The van der Waals surface area contributed by atoms with Gasteiger partial charge in [0.25, 0.3) is 5.91 Å². The molecule has 0 radical (unpaired) electrons. The molecule has 33 heavy (non-hydrogen) atoms. The van der Waals surface area contributed by atoms with Crippen molar-refractivity contribution in [1.82, 2.24) is 19.6 Å². The molecule has 6 heteroatoms. The van der Waals surface area contributed by atoms with E-state index in [1.165, 1.54) is 11.1 Å². The Morgan fingerprint density at radius 1 is 0.879 bits per heavy atom. The smallest absolute Gasteiger partial charge is 0.252 e. The Labute approximate surface area is 194 Å². The molecule has 168 valence electrons. The zero-order valence-electron chi connectivity index (χ0n) is 18.7. The average molecular weight is 440 g/mol. The highest BCUT2D eigenvalue weighted by Crippen LogP contribution is 2.22. The van der Waals surface area contributed by atoms with Gasteiger partial charge in [0, 0.05) is 63.4 Å². The Balaban J connectivity index is 1.21. The Morgan fingerprint density at radius 2 is 1.67 bits per heavy atom. The Bertz CT molecular complexity index is 1200. The van der Waals surface area contributed by atoms with Crippen molar-refractivity contribution in [2.24, 2.45) is 0 Å². The van der Waals surface area contributed by atoms with E-state index in [9.17, 15) is 4.79 Å². The number of nitrogens with zero attached hydrogens (tertiary/aromatic N) is 4. The number of piperazine rings is 1. The van der Waals surface area contributed by atoms with Gasteiger partial charge < -0.3 is 14.6 Å². The van der Waals surface area contributed by atoms with Gasteiger partial charge in [0.15, 0.2) is 0 Å². The van der Waals surface area contributed by atoms with Gasteiger partial charge in [-0.2, -0.15) is 0 Å².